The molecule has 2 N–H and O–H groups in total. The average Bonchev–Trinajstić information content (AvgIpc) is 3.13. The molecule has 0 bridgehead atoms. The minimum atomic E-state index is 0.0671. The maximum atomic E-state index is 11.8. The minimum Gasteiger partial charge on any atom is -0.327 e. The van der Waals surface area contributed by atoms with Crippen molar-refractivity contribution in [2.24, 2.45) is 11.7 Å². The molecule has 3 nitrogen and oxygen atoms in total. The average molecular weight is 232 g/mol. The molecule has 1 aliphatic carbocycles. The quantitative estimate of drug-likeness (QED) is 0.814. The second kappa shape index (κ2) is 5.41. The van der Waals surface area contributed by atoms with Crippen molar-refractivity contribution in [2.75, 3.05) is 0 Å². The van der Waals surface area contributed by atoms with Gasteiger partial charge < -0.3 is 5.73 Å². The summed E-state index contributed by atoms with van der Waals surface area (Å²) >= 11 is 0. The molecule has 1 aliphatic rings. The van der Waals surface area contributed by atoms with Crippen LogP contribution in [0.25, 0.3) is 0 Å². The summed E-state index contributed by atoms with van der Waals surface area (Å²) in [5, 5.41) is 0. The van der Waals surface area contributed by atoms with Crippen LogP contribution >= 0.6 is 0 Å². The van der Waals surface area contributed by atoms with E-state index in [9.17, 15) is 4.79 Å². The highest BCUT2D eigenvalue weighted by Gasteiger charge is 2.29. The lowest BCUT2D eigenvalue weighted by atomic mass is 10.0. The van der Waals surface area contributed by atoms with Crippen molar-refractivity contribution in [3.05, 3.63) is 29.6 Å². The van der Waals surface area contributed by atoms with Crippen molar-refractivity contribution in [1.29, 1.82) is 0 Å². The van der Waals surface area contributed by atoms with Crippen molar-refractivity contribution in [1.82, 2.24) is 4.98 Å². The molecule has 0 spiro atoms. The van der Waals surface area contributed by atoms with Crippen molar-refractivity contribution in [3.8, 4) is 0 Å². The number of nitrogens with two attached hydrogens (primary N) is 1. The normalized spacial score (nSPS) is 16.8. The van der Waals surface area contributed by atoms with E-state index in [4.69, 9.17) is 5.73 Å². The zero-order valence-corrected chi connectivity index (χ0v) is 10.4. The van der Waals surface area contributed by atoms with Crippen LogP contribution in [0.3, 0.4) is 0 Å². The van der Waals surface area contributed by atoms with Gasteiger partial charge in [0, 0.05) is 30.8 Å². The smallest absolute Gasteiger partial charge is 0.140 e. The number of aromatic nitrogens is 1. The van der Waals surface area contributed by atoms with E-state index < -0.39 is 0 Å². The van der Waals surface area contributed by atoms with Crippen molar-refractivity contribution in [3.63, 3.8) is 0 Å². The van der Waals surface area contributed by atoms with E-state index in [2.05, 4.69) is 11.9 Å². The lowest BCUT2D eigenvalue weighted by Gasteiger charge is -2.08. The molecule has 17 heavy (non-hydrogen) atoms. The molecule has 0 saturated heterocycles. The topological polar surface area (TPSA) is 56.0 Å². The molecular formula is C14H20N2O. The molecule has 0 aromatic carbocycles. The Hall–Kier alpha value is -1.22. The molecule has 1 heterocycles. The third kappa shape index (κ3) is 3.63. The van der Waals surface area contributed by atoms with E-state index in [0.29, 0.717) is 18.8 Å². The highest BCUT2D eigenvalue weighted by atomic mass is 16.1. The highest BCUT2D eigenvalue weighted by molar-refractivity contribution is 5.81. The van der Waals surface area contributed by atoms with E-state index in [1.807, 2.05) is 18.3 Å². The zero-order chi connectivity index (χ0) is 12.3. The van der Waals surface area contributed by atoms with Gasteiger partial charge in [-0.2, -0.15) is 0 Å². The van der Waals surface area contributed by atoms with Gasteiger partial charge in [-0.3, -0.25) is 9.78 Å². The fourth-order valence-corrected chi connectivity index (χ4v) is 2.00. The highest BCUT2D eigenvalue weighted by Crippen LogP contribution is 2.32. The Labute approximate surface area is 102 Å². The van der Waals surface area contributed by atoms with Gasteiger partial charge in [0.05, 0.1) is 0 Å². The maximum absolute atomic E-state index is 11.8. The lowest BCUT2D eigenvalue weighted by molar-refractivity contribution is -0.118. The van der Waals surface area contributed by atoms with Crippen molar-refractivity contribution in [2.45, 2.75) is 45.1 Å². The standard InChI is InChI=1S/C14H20N2O/c1-2-10-3-6-12(16-9-10)7-13(17)8-14(15)11-4-5-11/h3,6,9,11,14H,2,4-5,7-8,15H2,1H3. The summed E-state index contributed by atoms with van der Waals surface area (Å²) in [5.41, 5.74) is 8.00. The summed E-state index contributed by atoms with van der Waals surface area (Å²) in [6.45, 7) is 2.09. The number of pyridine rings is 1. The molecule has 1 aromatic rings. The number of hydrogen-bond donors (Lipinski definition) is 1. The fraction of sp³-hybridized carbons (Fsp3) is 0.571. The Morgan fingerprint density at radius 2 is 2.29 bits per heavy atom. The molecule has 1 aromatic heterocycles. The lowest BCUT2D eigenvalue weighted by Crippen LogP contribution is -2.26. The van der Waals surface area contributed by atoms with Crippen LogP contribution in [-0.2, 0) is 17.6 Å². The summed E-state index contributed by atoms with van der Waals surface area (Å²) in [6, 6.07) is 4.05. The number of aryl methyl sites for hydroxylation is 1. The number of carbonyl (C=O) groups excluding carboxylic acids is 1. The predicted octanol–water partition coefficient (Wildman–Crippen LogP) is 1.88. The first kappa shape index (κ1) is 12.2. The van der Waals surface area contributed by atoms with Crippen LogP contribution in [0.2, 0.25) is 0 Å². The number of carbonyl (C=O) groups is 1. The van der Waals surface area contributed by atoms with Gasteiger partial charge in [0.15, 0.2) is 0 Å². The molecule has 3 heteroatoms. The van der Waals surface area contributed by atoms with Crippen LogP contribution in [0.5, 0.6) is 0 Å². The third-order valence-electron chi connectivity index (χ3n) is 3.36. The molecule has 2 rings (SSSR count). The van der Waals surface area contributed by atoms with Gasteiger partial charge in [-0.15, -0.1) is 0 Å². The van der Waals surface area contributed by atoms with Gasteiger partial charge in [0.25, 0.3) is 0 Å². The van der Waals surface area contributed by atoms with E-state index >= 15 is 0 Å². The Bertz CT molecular complexity index is 382. The molecule has 0 amide bonds. The van der Waals surface area contributed by atoms with Gasteiger partial charge in [0.2, 0.25) is 0 Å². The second-order valence-corrected chi connectivity index (χ2v) is 4.93. The minimum absolute atomic E-state index is 0.0671. The van der Waals surface area contributed by atoms with Crippen LogP contribution in [-0.4, -0.2) is 16.8 Å². The molecular weight excluding hydrogens is 212 g/mol. The monoisotopic (exact) mass is 232 g/mol. The fourth-order valence-electron chi connectivity index (χ4n) is 2.00. The Balaban J connectivity index is 1.84. The second-order valence-electron chi connectivity index (χ2n) is 4.93. The third-order valence-corrected chi connectivity index (χ3v) is 3.36. The molecule has 1 fully saturated rings. The summed E-state index contributed by atoms with van der Waals surface area (Å²) in [4.78, 5) is 16.1. The molecule has 1 unspecified atom stereocenters. The van der Waals surface area contributed by atoms with Crippen molar-refractivity contribution >= 4 is 5.78 Å². The van der Waals surface area contributed by atoms with Gasteiger partial charge in [-0.25, -0.2) is 0 Å². The van der Waals surface area contributed by atoms with Gasteiger partial charge in [-0.05, 0) is 36.8 Å². The summed E-state index contributed by atoms with van der Waals surface area (Å²) in [7, 11) is 0. The summed E-state index contributed by atoms with van der Waals surface area (Å²) in [6.07, 6.45) is 6.14. The first-order chi connectivity index (χ1) is 8.19. The first-order valence-electron chi connectivity index (χ1n) is 6.40. The Kier molecular flexibility index (Phi) is 3.89. The van der Waals surface area contributed by atoms with Gasteiger partial charge in [-0.1, -0.05) is 13.0 Å². The zero-order valence-electron chi connectivity index (χ0n) is 10.4. The summed E-state index contributed by atoms with van der Waals surface area (Å²) in [5.74, 6) is 0.801. The molecule has 0 radical (unpaired) electrons. The predicted molar refractivity (Wildman–Crippen MR) is 67.6 cm³/mol. The molecule has 1 atom stereocenters. The Morgan fingerprint density at radius 3 is 2.82 bits per heavy atom. The number of ketones is 1. The van der Waals surface area contributed by atoms with E-state index in [-0.39, 0.29) is 11.8 Å². The molecule has 1 saturated carbocycles. The van der Waals surface area contributed by atoms with Crippen LogP contribution in [0.15, 0.2) is 18.3 Å². The number of Topliss-reactive ketones (excluding diaryl/α,β-unsaturated/α-hetero) is 1. The number of rotatable bonds is 6. The van der Waals surface area contributed by atoms with E-state index in [1.165, 1.54) is 18.4 Å². The van der Waals surface area contributed by atoms with Gasteiger partial charge >= 0.3 is 0 Å². The van der Waals surface area contributed by atoms with E-state index in [1.54, 1.807) is 0 Å². The maximum Gasteiger partial charge on any atom is 0.140 e. The van der Waals surface area contributed by atoms with E-state index in [0.717, 1.165) is 12.1 Å². The van der Waals surface area contributed by atoms with Gasteiger partial charge in [0.1, 0.15) is 5.78 Å². The van der Waals surface area contributed by atoms with Crippen LogP contribution in [0.1, 0.15) is 37.4 Å². The van der Waals surface area contributed by atoms with Crippen LogP contribution in [0.4, 0.5) is 0 Å². The number of hydrogen-bond acceptors (Lipinski definition) is 3. The van der Waals surface area contributed by atoms with Crippen LogP contribution < -0.4 is 5.73 Å². The molecule has 0 aliphatic heterocycles. The first-order valence-corrected chi connectivity index (χ1v) is 6.40. The summed E-state index contributed by atoms with van der Waals surface area (Å²) < 4.78 is 0. The SMILES string of the molecule is CCc1ccc(CC(=O)CC(N)C2CC2)nc1. The Morgan fingerprint density at radius 1 is 1.53 bits per heavy atom. The number of nitrogens with zero attached hydrogens (tertiary/aromatic N) is 1. The molecule has 92 valence electrons. The van der Waals surface area contributed by atoms with Crippen molar-refractivity contribution < 1.29 is 4.79 Å². The largest absolute Gasteiger partial charge is 0.327 e. The van der Waals surface area contributed by atoms with Crippen LogP contribution in [0, 0.1) is 5.92 Å².